The number of H-pyrrole nitrogens is 1. The maximum absolute atomic E-state index is 14.0. The fourth-order valence-corrected chi connectivity index (χ4v) is 8.10. The number of hydrogen-bond acceptors (Lipinski definition) is 6. The molecule has 0 aliphatic rings. The summed E-state index contributed by atoms with van der Waals surface area (Å²) in [5.74, 6) is -0.410. The molecule has 0 aliphatic heterocycles. The molecule has 0 aliphatic carbocycles. The van der Waals surface area contributed by atoms with Crippen LogP contribution < -0.4 is 37.7 Å². The highest BCUT2D eigenvalue weighted by Crippen LogP contribution is 2.31. The number of nitrogens with zero attached hydrogens (tertiary/aromatic N) is 2. The Morgan fingerprint density at radius 3 is 2.33 bits per heavy atom. The number of nitrogens with one attached hydrogen (secondary N) is 5. The van der Waals surface area contributed by atoms with Crippen LogP contribution in [-0.2, 0) is 6.42 Å². The zero-order valence-electron chi connectivity index (χ0n) is 37.8. The van der Waals surface area contributed by atoms with Crippen molar-refractivity contribution < 1.29 is 4.39 Å². The molecule has 0 bridgehead atoms. The van der Waals surface area contributed by atoms with Gasteiger partial charge in [0, 0.05) is 106 Å². The topological polar surface area (TPSA) is 98.1 Å². The summed E-state index contributed by atoms with van der Waals surface area (Å²) in [6.07, 6.45) is 10.3. The van der Waals surface area contributed by atoms with E-state index in [0.29, 0.717) is 12.1 Å². The van der Waals surface area contributed by atoms with Gasteiger partial charge in [0.15, 0.2) is 0 Å². The lowest BCUT2D eigenvalue weighted by Gasteiger charge is -2.22. The average molecular weight is 819 g/mol. The highest BCUT2D eigenvalue weighted by Gasteiger charge is 2.21. The third-order valence-electron chi connectivity index (χ3n) is 11.3. The van der Waals surface area contributed by atoms with E-state index in [1.807, 2.05) is 19.9 Å². The number of allylic oxidation sites excluding steroid dienone is 3. The third kappa shape index (κ3) is 12.8. The molecule has 0 saturated heterocycles. The quantitative estimate of drug-likeness (QED) is 0.0204. The van der Waals surface area contributed by atoms with Gasteiger partial charge in [-0.15, -0.1) is 6.58 Å². The smallest absolute Gasteiger partial charge is 0.123 e. The number of likely N-dealkylation sites (N-methyl/N-ethyl adjacent to an activating group) is 1. The molecule has 0 radical (unpaired) electrons. The van der Waals surface area contributed by atoms with Crippen molar-refractivity contribution in [2.45, 2.75) is 98.4 Å². The first-order valence-corrected chi connectivity index (χ1v) is 21.9. The Hall–Kier alpha value is -5.41. The molecule has 2 unspecified atom stereocenters. The van der Waals surface area contributed by atoms with Crippen molar-refractivity contribution in [3.63, 3.8) is 0 Å². The SMILES string of the molecule is C=CNC(=C)C(CCC)n1c(=C)c2cccc(NCCCCCC(=C)NCCN(CC)CCNC(=C)c3c(C)[nH]c(CC(C=C)c4cc(F)ccc4N)c3C)c2c1=C.CC. The van der Waals surface area contributed by atoms with Crippen molar-refractivity contribution in [2.75, 3.05) is 50.3 Å². The number of fused-ring (bicyclic) bond motifs is 1. The second-order valence-corrected chi connectivity index (χ2v) is 15.3. The van der Waals surface area contributed by atoms with E-state index in [-0.39, 0.29) is 17.8 Å². The predicted octanol–water partition coefficient (Wildman–Crippen LogP) is 9.91. The Morgan fingerprint density at radius 2 is 1.67 bits per heavy atom. The lowest BCUT2D eigenvalue weighted by Crippen LogP contribution is -2.36. The van der Waals surface area contributed by atoms with Gasteiger partial charge in [0.1, 0.15) is 5.82 Å². The van der Waals surface area contributed by atoms with E-state index in [1.54, 1.807) is 12.3 Å². The van der Waals surface area contributed by atoms with Crippen LogP contribution in [0.25, 0.3) is 29.6 Å². The molecular formula is C51H75FN8. The van der Waals surface area contributed by atoms with E-state index in [2.05, 4.69) is 128 Å². The van der Waals surface area contributed by atoms with Gasteiger partial charge in [-0.3, -0.25) is 0 Å². The number of halogens is 1. The van der Waals surface area contributed by atoms with Gasteiger partial charge in [-0.1, -0.05) is 98.2 Å². The highest BCUT2D eigenvalue weighted by atomic mass is 19.1. The maximum Gasteiger partial charge on any atom is 0.123 e. The molecule has 8 nitrogen and oxygen atoms in total. The molecule has 0 saturated carbocycles. The number of nitrogens with two attached hydrogens (primary N) is 1. The van der Waals surface area contributed by atoms with Gasteiger partial charge in [0.25, 0.3) is 0 Å². The van der Waals surface area contributed by atoms with Gasteiger partial charge in [0.05, 0.1) is 6.04 Å². The summed E-state index contributed by atoms with van der Waals surface area (Å²) in [5, 5.41) is 18.2. The fourth-order valence-electron chi connectivity index (χ4n) is 8.10. The van der Waals surface area contributed by atoms with Gasteiger partial charge in [-0.05, 0) is 94.1 Å². The number of anilines is 2. The van der Waals surface area contributed by atoms with E-state index in [1.165, 1.54) is 12.1 Å². The Bertz CT molecular complexity index is 2160. The normalized spacial score (nSPS) is 12.0. The van der Waals surface area contributed by atoms with E-state index in [0.717, 1.165) is 150 Å². The molecule has 2 heterocycles. The minimum atomic E-state index is -0.299. The van der Waals surface area contributed by atoms with E-state index < -0.39 is 0 Å². The van der Waals surface area contributed by atoms with Crippen LogP contribution in [0.15, 0.2) is 93.0 Å². The van der Waals surface area contributed by atoms with Crippen LogP contribution in [-0.4, -0.2) is 53.7 Å². The lowest BCUT2D eigenvalue weighted by molar-refractivity contribution is 0.293. The predicted molar refractivity (Wildman–Crippen MR) is 261 cm³/mol. The number of benzene rings is 2. The number of nitrogen functional groups attached to an aromatic ring is 1. The Labute approximate surface area is 361 Å². The summed E-state index contributed by atoms with van der Waals surface area (Å²) in [6, 6.07) is 10.9. The zero-order valence-corrected chi connectivity index (χ0v) is 37.8. The standard InChI is InChI=1S/C49H69FN8.C2H6/c1-12-20-47(35(7)52-14-3)58-38(10)42-22-19-23-45(49(42)39(58)11)55-26-18-16-17-21-33(5)53-27-29-57(15-4)30-28-54-36(8)48-34(6)46(56-37(48)9)31-40(13-2)43-32-41(50)24-25-44(43)51;1-2/h13-14,19,22-25,32,40,47,52-56H,2-3,5,7-8,10-12,15-18,20-21,26-31,51H2,1,4,6,9H3;1-2H3. The number of aryl methyl sites for hydroxylation is 1. The zero-order chi connectivity index (χ0) is 44.4. The van der Waals surface area contributed by atoms with Crippen LogP contribution in [0.4, 0.5) is 15.8 Å². The van der Waals surface area contributed by atoms with Crippen LogP contribution >= 0.6 is 0 Å². The number of aromatic amines is 1. The summed E-state index contributed by atoms with van der Waals surface area (Å²) in [6.45, 7) is 47.6. The van der Waals surface area contributed by atoms with Crippen molar-refractivity contribution in [1.82, 2.24) is 30.4 Å². The molecule has 60 heavy (non-hydrogen) atoms. The molecule has 4 rings (SSSR count). The van der Waals surface area contributed by atoms with Crippen LogP contribution in [0.1, 0.15) is 106 Å². The summed E-state index contributed by atoms with van der Waals surface area (Å²) in [4.78, 5) is 5.97. The Balaban J connectivity index is 0.00000473. The van der Waals surface area contributed by atoms with Gasteiger partial charge in [0.2, 0.25) is 0 Å². The molecule has 0 amide bonds. The van der Waals surface area contributed by atoms with Crippen LogP contribution in [0.5, 0.6) is 0 Å². The largest absolute Gasteiger partial charge is 0.398 e. The number of aromatic nitrogens is 2. The van der Waals surface area contributed by atoms with Gasteiger partial charge in [-0.2, -0.15) is 0 Å². The molecule has 9 heteroatoms. The van der Waals surface area contributed by atoms with Crippen LogP contribution in [0.3, 0.4) is 0 Å². The van der Waals surface area contributed by atoms with E-state index >= 15 is 0 Å². The van der Waals surface area contributed by atoms with Crippen LogP contribution in [0, 0.1) is 19.7 Å². The van der Waals surface area contributed by atoms with E-state index in [9.17, 15) is 4.39 Å². The third-order valence-corrected chi connectivity index (χ3v) is 11.3. The summed E-state index contributed by atoms with van der Waals surface area (Å²) >= 11 is 0. The van der Waals surface area contributed by atoms with Crippen molar-refractivity contribution in [3.05, 3.63) is 138 Å². The first-order valence-electron chi connectivity index (χ1n) is 21.9. The van der Waals surface area contributed by atoms with Crippen LogP contribution in [0.2, 0.25) is 0 Å². The van der Waals surface area contributed by atoms with Gasteiger partial charge in [-0.25, -0.2) is 4.39 Å². The minimum Gasteiger partial charge on any atom is -0.398 e. The lowest BCUT2D eigenvalue weighted by atomic mass is 9.91. The van der Waals surface area contributed by atoms with Gasteiger partial charge < -0.3 is 41.5 Å². The molecule has 2 atom stereocenters. The molecule has 0 spiro atoms. The highest BCUT2D eigenvalue weighted by molar-refractivity contribution is 5.94. The average Bonchev–Trinajstić information content (AvgIpc) is 3.67. The summed E-state index contributed by atoms with van der Waals surface area (Å²) in [7, 11) is 0. The molecule has 7 N–H and O–H groups in total. The van der Waals surface area contributed by atoms with Crippen molar-refractivity contribution >= 4 is 41.0 Å². The number of rotatable bonds is 27. The summed E-state index contributed by atoms with van der Waals surface area (Å²) in [5.41, 5.74) is 15.8. The molecular weight excluding hydrogens is 744 g/mol. The second-order valence-electron chi connectivity index (χ2n) is 15.3. The van der Waals surface area contributed by atoms with Crippen molar-refractivity contribution in [1.29, 1.82) is 0 Å². The van der Waals surface area contributed by atoms with Crippen molar-refractivity contribution in [3.8, 4) is 0 Å². The Kier molecular flexibility index (Phi) is 20.1. The second kappa shape index (κ2) is 24.6. The Morgan fingerprint density at radius 1 is 0.950 bits per heavy atom. The number of unbranched alkanes of at least 4 members (excludes halogenated alkanes) is 2. The molecule has 2 aromatic carbocycles. The first-order chi connectivity index (χ1) is 28.9. The van der Waals surface area contributed by atoms with Gasteiger partial charge >= 0.3 is 0 Å². The number of hydrogen-bond donors (Lipinski definition) is 6. The molecule has 0 fully saturated rings. The molecule has 326 valence electrons. The summed E-state index contributed by atoms with van der Waals surface area (Å²) < 4.78 is 16.3. The monoisotopic (exact) mass is 819 g/mol. The first kappa shape index (κ1) is 49.0. The molecule has 2 aromatic heterocycles. The minimum absolute atomic E-state index is 0.0525. The van der Waals surface area contributed by atoms with E-state index in [4.69, 9.17) is 5.73 Å². The maximum atomic E-state index is 14.0. The molecule has 4 aromatic rings. The van der Waals surface area contributed by atoms with Crippen molar-refractivity contribution in [2.24, 2.45) is 0 Å². The fraction of sp³-hybridized carbons (Fsp3) is 0.412.